The maximum absolute atomic E-state index is 11.1. The van der Waals surface area contributed by atoms with E-state index in [4.69, 9.17) is 0 Å². The zero-order chi connectivity index (χ0) is 9.68. The van der Waals surface area contributed by atoms with E-state index in [2.05, 4.69) is 28.2 Å². The van der Waals surface area contributed by atoms with E-state index in [1.807, 2.05) is 0 Å². The van der Waals surface area contributed by atoms with Gasteiger partial charge in [-0.3, -0.25) is 4.79 Å². The molecule has 2 unspecified atom stereocenters. The quantitative estimate of drug-likeness (QED) is 0.760. The van der Waals surface area contributed by atoms with Crippen molar-refractivity contribution in [3.63, 3.8) is 0 Å². The predicted molar refractivity (Wildman–Crippen MR) is 57.9 cm³/mol. The molecule has 1 N–H and O–H groups in total. The van der Waals surface area contributed by atoms with Gasteiger partial charge in [-0.05, 0) is 24.7 Å². The van der Waals surface area contributed by atoms with Crippen LogP contribution in [0.1, 0.15) is 32.6 Å². The predicted octanol–water partition coefficient (Wildman–Crippen LogP) is 2.32. The first kappa shape index (κ1) is 11.0. The molecule has 13 heavy (non-hydrogen) atoms. The van der Waals surface area contributed by atoms with Crippen molar-refractivity contribution in [3.05, 3.63) is 0 Å². The molecule has 0 aromatic rings. The summed E-state index contributed by atoms with van der Waals surface area (Å²) in [6.45, 7) is 3.18. The Morgan fingerprint density at radius 2 is 2.31 bits per heavy atom. The Morgan fingerprint density at radius 3 is 2.85 bits per heavy atom. The summed E-state index contributed by atoms with van der Waals surface area (Å²) >= 11 is 3.25. The molecular formula is C10H18BrNO. The van der Waals surface area contributed by atoms with E-state index >= 15 is 0 Å². The molecule has 0 saturated heterocycles. The Bertz CT molecular complexity index is 172. The fourth-order valence-electron chi connectivity index (χ4n) is 1.94. The highest BCUT2D eigenvalue weighted by atomic mass is 79.9. The van der Waals surface area contributed by atoms with E-state index in [1.165, 1.54) is 19.3 Å². The lowest BCUT2D eigenvalue weighted by Crippen LogP contribution is -2.28. The van der Waals surface area contributed by atoms with Crippen molar-refractivity contribution < 1.29 is 4.79 Å². The van der Waals surface area contributed by atoms with Crippen LogP contribution in [-0.2, 0) is 4.79 Å². The molecule has 2 nitrogen and oxygen atoms in total. The number of hydrogen-bond donors (Lipinski definition) is 1. The first-order chi connectivity index (χ1) is 6.22. The van der Waals surface area contributed by atoms with Crippen molar-refractivity contribution in [1.82, 2.24) is 5.32 Å². The topological polar surface area (TPSA) is 29.1 Å². The summed E-state index contributed by atoms with van der Waals surface area (Å²) in [5.74, 6) is 1.77. The number of carbonyl (C=O) groups is 1. The number of rotatable bonds is 4. The van der Waals surface area contributed by atoms with Crippen molar-refractivity contribution in [2.45, 2.75) is 32.6 Å². The van der Waals surface area contributed by atoms with Crippen molar-refractivity contribution in [3.8, 4) is 0 Å². The average Bonchev–Trinajstić information content (AvgIpc) is 2.49. The van der Waals surface area contributed by atoms with E-state index in [0.29, 0.717) is 6.42 Å². The summed E-state index contributed by atoms with van der Waals surface area (Å²) in [6, 6.07) is 0. The van der Waals surface area contributed by atoms with Crippen LogP contribution in [0.4, 0.5) is 0 Å². The van der Waals surface area contributed by atoms with Gasteiger partial charge < -0.3 is 5.32 Å². The molecule has 1 fully saturated rings. The molecule has 0 bridgehead atoms. The molecule has 0 heterocycles. The van der Waals surface area contributed by atoms with Gasteiger partial charge in [-0.2, -0.15) is 0 Å². The van der Waals surface area contributed by atoms with Crippen LogP contribution in [0.2, 0.25) is 0 Å². The van der Waals surface area contributed by atoms with E-state index in [1.54, 1.807) is 0 Å². The first-order valence-corrected chi connectivity index (χ1v) is 6.17. The van der Waals surface area contributed by atoms with Crippen LogP contribution in [0.3, 0.4) is 0 Å². The first-order valence-electron chi connectivity index (χ1n) is 5.05. The van der Waals surface area contributed by atoms with E-state index in [9.17, 15) is 4.79 Å². The second-order valence-electron chi connectivity index (χ2n) is 4.03. The normalized spacial score (nSPS) is 27.5. The van der Waals surface area contributed by atoms with Gasteiger partial charge in [-0.15, -0.1) is 0 Å². The Balaban J connectivity index is 2.09. The zero-order valence-electron chi connectivity index (χ0n) is 8.18. The van der Waals surface area contributed by atoms with Gasteiger partial charge in [0.1, 0.15) is 0 Å². The van der Waals surface area contributed by atoms with Crippen molar-refractivity contribution in [2.24, 2.45) is 11.8 Å². The number of alkyl halides is 1. The summed E-state index contributed by atoms with van der Waals surface area (Å²) in [5, 5.41) is 3.74. The van der Waals surface area contributed by atoms with Gasteiger partial charge in [-0.25, -0.2) is 0 Å². The third-order valence-corrected chi connectivity index (χ3v) is 3.11. The minimum Gasteiger partial charge on any atom is -0.356 e. The van der Waals surface area contributed by atoms with Crippen molar-refractivity contribution >= 4 is 21.8 Å². The van der Waals surface area contributed by atoms with Crippen LogP contribution in [0, 0.1) is 11.8 Å². The third kappa shape index (κ3) is 4.12. The zero-order valence-corrected chi connectivity index (χ0v) is 9.77. The van der Waals surface area contributed by atoms with Gasteiger partial charge in [0.15, 0.2) is 0 Å². The standard InChI is InChI=1S/C10H18BrNO/c1-8-2-3-9(6-8)7-12-10(13)4-5-11/h8-9H,2-7H2,1H3,(H,12,13). The molecule has 0 aromatic carbocycles. The molecule has 76 valence electrons. The number of amides is 1. The minimum absolute atomic E-state index is 0.177. The van der Waals surface area contributed by atoms with Gasteiger partial charge in [0, 0.05) is 18.3 Å². The molecule has 0 spiro atoms. The van der Waals surface area contributed by atoms with Crippen LogP contribution in [0.25, 0.3) is 0 Å². The van der Waals surface area contributed by atoms with E-state index in [-0.39, 0.29) is 5.91 Å². The van der Waals surface area contributed by atoms with Gasteiger partial charge in [0.2, 0.25) is 5.91 Å². The van der Waals surface area contributed by atoms with Gasteiger partial charge in [0.25, 0.3) is 0 Å². The van der Waals surface area contributed by atoms with E-state index < -0.39 is 0 Å². The van der Waals surface area contributed by atoms with Crippen LogP contribution in [-0.4, -0.2) is 17.8 Å². The second kappa shape index (κ2) is 5.63. The molecule has 0 aromatic heterocycles. The number of hydrogen-bond acceptors (Lipinski definition) is 1. The second-order valence-corrected chi connectivity index (χ2v) is 4.82. The molecule has 1 saturated carbocycles. The summed E-state index contributed by atoms with van der Waals surface area (Å²) in [4.78, 5) is 11.1. The van der Waals surface area contributed by atoms with E-state index in [0.717, 1.165) is 23.7 Å². The third-order valence-electron chi connectivity index (χ3n) is 2.71. The van der Waals surface area contributed by atoms with Crippen molar-refractivity contribution in [2.75, 3.05) is 11.9 Å². The lowest BCUT2D eigenvalue weighted by Gasteiger charge is -2.10. The highest BCUT2D eigenvalue weighted by Crippen LogP contribution is 2.29. The largest absolute Gasteiger partial charge is 0.356 e. The highest BCUT2D eigenvalue weighted by Gasteiger charge is 2.21. The van der Waals surface area contributed by atoms with Gasteiger partial charge in [0.05, 0.1) is 0 Å². The molecule has 2 atom stereocenters. The fraction of sp³-hybridized carbons (Fsp3) is 0.900. The number of nitrogens with one attached hydrogen (secondary N) is 1. The molecule has 1 aliphatic carbocycles. The minimum atomic E-state index is 0.177. The molecule has 0 radical (unpaired) electrons. The van der Waals surface area contributed by atoms with Gasteiger partial charge in [-0.1, -0.05) is 29.3 Å². The lowest BCUT2D eigenvalue weighted by molar-refractivity contribution is -0.120. The summed E-state index contributed by atoms with van der Waals surface area (Å²) in [5.41, 5.74) is 0. The maximum atomic E-state index is 11.1. The van der Waals surface area contributed by atoms with Crippen molar-refractivity contribution in [1.29, 1.82) is 0 Å². The summed E-state index contributed by atoms with van der Waals surface area (Å²) in [7, 11) is 0. The fourth-order valence-corrected chi connectivity index (χ4v) is 2.30. The molecule has 1 rings (SSSR count). The smallest absolute Gasteiger partial charge is 0.220 e. The SMILES string of the molecule is CC1CCC(CNC(=O)CCBr)C1. The Hall–Kier alpha value is -0.0500. The molecule has 1 amide bonds. The van der Waals surface area contributed by atoms with Crippen LogP contribution >= 0.6 is 15.9 Å². The highest BCUT2D eigenvalue weighted by molar-refractivity contribution is 9.09. The molecular weight excluding hydrogens is 230 g/mol. The Morgan fingerprint density at radius 1 is 1.54 bits per heavy atom. The average molecular weight is 248 g/mol. The van der Waals surface area contributed by atoms with Gasteiger partial charge >= 0.3 is 0 Å². The maximum Gasteiger partial charge on any atom is 0.220 e. The Labute approximate surface area is 88.6 Å². The van der Waals surface area contributed by atoms with Crippen LogP contribution in [0.15, 0.2) is 0 Å². The molecule has 1 aliphatic rings. The molecule has 3 heteroatoms. The monoisotopic (exact) mass is 247 g/mol. The summed E-state index contributed by atoms with van der Waals surface area (Å²) in [6.07, 6.45) is 4.51. The number of halogens is 1. The van der Waals surface area contributed by atoms with Crippen LogP contribution < -0.4 is 5.32 Å². The lowest BCUT2D eigenvalue weighted by atomic mass is 10.1. The number of carbonyl (C=O) groups excluding carboxylic acids is 1. The molecule has 0 aliphatic heterocycles. The Kier molecular flexibility index (Phi) is 4.78. The summed E-state index contributed by atoms with van der Waals surface area (Å²) < 4.78 is 0. The van der Waals surface area contributed by atoms with Crippen LogP contribution in [0.5, 0.6) is 0 Å².